The SMILES string of the molecule is CCNS(=O)(=O)[C@@H](C)c1nccn1C1CC1. The standard InChI is InChI=1S/C10H17N3O2S/c1-3-12-16(14,15)8(2)10-11-6-7-13(10)9-4-5-9/h6-9,12H,3-5H2,1-2H3/t8-/m0/s1. The van der Waals surface area contributed by atoms with Gasteiger partial charge in [0.2, 0.25) is 10.0 Å². The minimum absolute atomic E-state index is 0.414. The molecule has 0 bridgehead atoms. The van der Waals surface area contributed by atoms with Crippen molar-refractivity contribution in [2.24, 2.45) is 0 Å². The van der Waals surface area contributed by atoms with Gasteiger partial charge in [-0.05, 0) is 19.8 Å². The Kier molecular flexibility index (Phi) is 3.03. The molecule has 0 unspecified atom stereocenters. The highest BCUT2D eigenvalue weighted by Crippen LogP contribution is 2.37. The first-order valence-corrected chi connectivity index (χ1v) is 7.12. The van der Waals surface area contributed by atoms with Crippen molar-refractivity contribution in [2.75, 3.05) is 6.54 Å². The van der Waals surface area contributed by atoms with Crippen molar-refractivity contribution in [3.8, 4) is 0 Å². The second-order valence-electron chi connectivity index (χ2n) is 4.11. The number of nitrogens with one attached hydrogen (secondary N) is 1. The van der Waals surface area contributed by atoms with Crippen LogP contribution in [0.4, 0.5) is 0 Å². The summed E-state index contributed by atoms with van der Waals surface area (Å²) in [6.45, 7) is 3.87. The van der Waals surface area contributed by atoms with Gasteiger partial charge < -0.3 is 4.57 Å². The summed E-state index contributed by atoms with van der Waals surface area (Å²) in [6, 6.07) is 0.455. The highest BCUT2D eigenvalue weighted by atomic mass is 32.2. The van der Waals surface area contributed by atoms with Crippen molar-refractivity contribution >= 4 is 10.0 Å². The lowest BCUT2D eigenvalue weighted by Crippen LogP contribution is -2.29. The molecule has 16 heavy (non-hydrogen) atoms. The molecule has 1 aromatic heterocycles. The fraction of sp³-hybridized carbons (Fsp3) is 0.700. The third-order valence-electron chi connectivity index (χ3n) is 2.81. The second-order valence-corrected chi connectivity index (χ2v) is 6.19. The first-order chi connectivity index (χ1) is 7.56. The molecule has 1 aliphatic rings. The number of hydrogen-bond acceptors (Lipinski definition) is 3. The van der Waals surface area contributed by atoms with E-state index in [9.17, 15) is 8.42 Å². The normalized spacial score (nSPS) is 18.6. The van der Waals surface area contributed by atoms with Crippen molar-refractivity contribution in [1.29, 1.82) is 0 Å². The van der Waals surface area contributed by atoms with Gasteiger partial charge in [-0.25, -0.2) is 18.1 Å². The van der Waals surface area contributed by atoms with E-state index >= 15 is 0 Å². The van der Waals surface area contributed by atoms with Crippen molar-refractivity contribution in [1.82, 2.24) is 14.3 Å². The summed E-state index contributed by atoms with van der Waals surface area (Å²) < 4.78 is 28.2. The Hall–Kier alpha value is -0.880. The zero-order valence-electron chi connectivity index (χ0n) is 9.55. The summed E-state index contributed by atoms with van der Waals surface area (Å²) >= 11 is 0. The molecule has 2 rings (SSSR count). The molecule has 5 nitrogen and oxygen atoms in total. The zero-order chi connectivity index (χ0) is 11.8. The summed E-state index contributed by atoms with van der Waals surface area (Å²) in [7, 11) is -3.29. The number of nitrogens with zero attached hydrogens (tertiary/aromatic N) is 2. The smallest absolute Gasteiger partial charge is 0.221 e. The van der Waals surface area contributed by atoms with Crippen LogP contribution in [0.5, 0.6) is 0 Å². The Balaban J connectivity index is 2.26. The highest BCUT2D eigenvalue weighted by Gasteiger charge is 2.31. The topological polar surface area (TPSA) is 64.0 Å². The molecule has 0 aromatic carbocycles. The predicted octanol–water partition coefficient (Wildman–Crippen LogP) is 1.22. The van der Waals surface area contributed by atoms with Crippen LogP contribution in [0.25, 0.3) is 0 Å². The van der Waals surface area contributed by atoms with Crippen molar-refractivity contribution in [3.63, 3.8) is 0 Å². The number of imidazole rings is 1. The minimum atomic E-state index is -3.29. The molecule has 1 fully saturated rings. The molecule has 1 saturated carbocycles. The second kappa shape index (κ2) is 4.18. The lowest BCUT2D eigenvalue weighted by Gasteiger charge is -2.14. The maximum Gasteiger partial charge on any atom is 0.221 e. The van der Waals surface area contributed by atoms with Crippen LogP contribution in [0.15, 0.2) is 12.4 Å². The van der Waals surface area contributed by atoms with Gasteiger partial charge in [0.05, 0.1) is 0 Å². The number of rotatable bonds is 5. The van der Waals surface area contributed by atoms with E-state index in [0.717, 1.165) is 12.8 Å². The molecule has 0 radical (unpaired) electrons. The first-order valence-electron chi connectivity index (χ1n) is 5.57. The lowest BCUT2D eigenvalue weighted by atomic mass is 10.4. The van der Waals surface area contributed by atoms with Crippen molar-refractivity contribution in [2.45, 2.75) is 38.0 Å². The fourth-order valence-electron chi connectivity index (χ4n) is 1.77. The zero-order valence-corrected chi connectivity index (χ0v) is 10.4. The van der Waals surface area contributed by atoms with Crippen LogP contribution in [0.1, 0.15) is 43.8 Å². The molecule has 0 amide bonds. The van der Waals surface area contributed by atoms with Crippen molar-refractivity contribution in [3.05, 3.63) is 18.2 Å². The quantitative estimate of drug-likeness (QED) is 0.845. The van der Waals surface area contributed by atoms with Gasteiger partial charge in [0, 0.05) is 25.0 Å². The molecule has 0 aliphatic heterocycles. The van der Waals surface area contributed by atoms with Gasteiger partial charge in [-0.15, -0.1) is 0 Å². The molecular weight excluding hydrogens is 226 g/mol. The molecular formula is C10H17N3O2S. The maximum atomic E-state index is 11.9. The molecule has 90 valence electrons. The van der Waals surface area contributed by atoms with Crippen LogP contribution < -0.4 is 4.72 Å². The summed E-state index contributed by atoms with van der Waals surface area (Å²) in [6.07, 6.45) is 5.78. The molecule has 1 N–H and O–H groups in total. The van der Waals surface area contributed by atoms with Gasteiger partial charge in [-0.2, -0.15) is 0 Å². The summed E-state index contributed by atoms with van der Waals surface area (Å²) in [5.74, 6) is 0.642. The van der Waals surface area contributed by atoms with Gasteiger partial charge >= 0.3 is 0 Å². The maximum absolute atomic E-state index is 11.9. The predicted molar refractivity (Wildman–Crippen MR) is 61.5 cm³/mol. The lowest BCUT2D eigenvalue weighted by molar-refractivity contribution is 0.563. The average molecular weight is 243 g/mol. The highest BCUT2D eigenvalue weighted by molar-refractivity contribution is 7.89. The third-order valence-corrected chi connectivity index (χ3v) is 4.65. The molecule has 1 atom stereocenters. The van der Waals surface area contributed by atoms with Crippen LogP contribution in [0.2, 0.25) is 0 Å². The summed E-state index contributed by atoms with van der Waals surface area (Å²) in [5.41, 5.74) is 0. The molecule has 0 spiro atoms. The minimum Gasteiger partial charge on any atom is -0.331 e. The van der Waals surface area contributed by atoms with E-state index in [1.807, 2.05) is 10.8 Å². The number of aromatic nitrogens is 2. The van der Waals surface area contributed by atoms with Gasteiger partial charge in [0.15, 0.2) is 0 Å². The van der Waals surface area contributed by atoms with Crippen LogP contribution in [-0.4, -0.2) is 24.5 Å². The Morgan fingerprint density at radius 3 is 2.88 bits per heavy atom. The van der Waals surface area contributed by atoms with Gasteiger partial charge in [-0.1, -0.05) is 6.92 Å². The molecule has 1 aliphatic carbocycles. The first kappa shape index (κ1) is 11.6. The van der Waals surface area contributed by atoms with E-state index in [-0.39, 0.29) is 0 Å². The van der Waals surface area contributed by atoms with E-state index < -0.39 is 15.3 Å². The molecule has 6 heteroatoms. The van der Waals surface area contributed by atoms with Crippen LogP contribution in [0.3, 0.4) is 0 Å². The molecule has 1 heterocycles. The van der Waals surface area contributed by atoms with E-state index in [4.69, 9.17) is 0 Å². The summed E-state index contributed by atoms with van der Waals surface area (Å²) in [4.78, 5) is 4.17. The van der Waals surface area contributed by atoms with E-state index in [0.29, 0.717) is 18.4 Å². The number of hydrogen-bond donors (Lipinski definition) is 1. The Labute approximate surface area is 95.9 Å². The van der Waals surface area contributed by atoms with Crippen molar-refractivity contribution < 1.29 is 8.42 Å². The Morgan fingerprint density at radius 1 is 1.62 bits per heavy atom. The van der Waals surface area contributed by atoms with Crippen LogP contribution >= 0.6 is 0 Å². The largest absolute Gasteiger partial charge is 0.331 e. The van der Waals surface area contributed by atoms with Gasteiger partial charge in [0.25, 0.3) is 0 Å². The molecule has 0 saturated heterocycles. The average Bonchev–Trinajstić information content (AvgIpc) is 2.95. The number of sulfonamides is 1. The monoisotopic (exact) mass is 243 g/mol. The summed E-state index contributed by atoms with van der Waals surface area (Å²) in [5, 5.41) is -0.594. The fourth-order valence-corrected chi connectivity index (χ4v) is 2.88. The molecule has 1 aromatic rings. The van der Waals surface area contributed by atoms with Gasteiger partial charge in [0.1, 0.15) is 11.1 Å². The van der Waals surface area contributed by atoms with E-state index in [2.05, 4.69) is 9.71 Å². The van der Waals surface area contributed by atoms with E-state index in [1.54, 1.807) is 20.0 Å². The van der Waals surface area contributed by atoms with Crippen LogP contribution in [-0.2, 0) is 10.0 Å². The Bertz CT molecular complexity index is 462. The third kappa shape index (κ3) is 2.12. The van der Waals surface area contributed by atoms with Gasteiger partial charge in [-0.3, -0.25) is 0 Å². The van der Waals surface area contributed by atoms with Crippen LogP contribution in [0, 0.1) is 0 Å². The Morgan fingerprint density at radius 2 is 2.31 bits per heavy atom. The van der Waals surface area contributed by atoms with E-state index in [1.165, 1.54) is 0 Å².